The van der Waals surface area contributed by atoms with Crippen LogP contribution in [0.3, 0.4) is 0 Å². The van der Waals surface area contributed by atoms with Crippen molar-refractivity contribution in [2.75, 3.05) is 5.32 Å². The topological polar surface area (TPSA) is 64.0 Å². The van der Waals surface area contributed by atoms with Crippen molar-refractivity contribution >= 4 is 68.0 Å². The van der Waals surface area contributed by atoms with Crippen LogP contribution in [0.2, 0.25) is 15.1 Å². The predicted molar refractivity (Wildman–Crippen MR) is 124 cm³/mol. The number of aromatic nitrogens is 2. The first kappa shape index (κ1) is 20.9. The Morgan fingerprint density at radius 2 is 1.80 bits per heavy atom. The van der Waals surface area contributed by atoms with E-state index in [1.807, 2.05) is 18.2 Å². The maximum atomic E-state index is 13.1. The van der Waals surface area contributed by atoms with E-state index in [2.05, 4.69) is 10.3 Å². The molecular formula is C21H14Cl3N3O2S. The van der Waals surface area contributed by atoms with Gasteiger partial charge >= 0.3 is 0 Å². The molecule has 0 radical (unpaired) electrons. The van der Waals surface area contributed by atoms with Crippen LogP contribution in [0.5, 0.6) is 0 Å². The van der Waals surface area contributed by atoms with Crippen LogP contribution < -0.4 is 10.9 Å². The van der Waals surface area contributed by atoms with Crippen LogP contribution in [0.15, 0.2) is 53.6 Å². The minimum atomic E-state index is -0.281. The third-order valence-electron chi connectivity index (χ3n) is 4.59. The molecule has 152 valence electrons. The standard InChI is InChI=1S/C21H14Cl3N3O2S/c1-11-17-20(30-18(11)19(28)26-13-5-3-2-4-6-13)25-10-27(21(17)29)9-14-15(23)7-12(22)8-16(14)24/h2-8,10H,9H2,1H3,(H,26,28). The molecule has 0 atom stereocenters. The molecule has 2 heterocycles. The number of amides is 1. The summed E-state index contributed by atoms with van der Waals surface area (Å²) in [5, 5.41) is 4.39. The largest absolute Gasteiger partial charge is 0.321 e. The van der Waals surface area contributed by atoms with E-state index in [1.165, 1.54) is 22.2 Å². The van der Waals surface area contributed by atoms with Crippen LogP contribution in [0.1, 0.15) is 20.8 Å². The normalized spacial score (nSPS) is 11.1. The highest BCUT2D eigenvalue weighted by atomic mass is 35.5. The van der Waals surface area contributed by atoms with Gasteiger partial charge in [0.05, 0.1) is 23.1 Å². The summed E-state index contributed by atoms with van der Waals surface area (Å²) in [5.74, 6) is -0.281. The molecule has 0 saturated heterocycles. The van der Waals surface area contributed by atoms with E-state index in [0.717, 1.165) is 0 Å². The van der Waals surface area contributed by atoms with Crippen molar-refractivity contribution in [1.29, 1.82) is 0 Å². The molecule has 0 spiro atoms. The average Bonchev–Trinajstić information content (AvgIpc) is 3.04. The summed E-state index contributed by atoms with van der Waals surface area (Å²) < 4.78 is 1.42. The zero-order valence-electron chi connectivity index (χ0n) is 15.6. The van der Waals surface area contributed by atoms with Gasteiger partial charge in [0.25, 0.3) is 11.5 Å². The number of hydrogen-bond donors (Lipinski definition) is 1. The monoisotopic (exact) mass is 477 g/mol. The fourth-order valence-electron chi connectivity index (χ4n) is 3.09. The second-order valence-corrected chi connectivity index (χ2v) is 8.83. The third kappa shape index (κ3) is 3.96. The number of nitrogens with one attached hydrogen (secondary N) is 1. The van der Waals surface area contributed by atoms with E-state index < -0.39 is 0 Å². The van der Waals surface area contributed by atoms with Gasteiger partial charge in [-0.25, -0.2) is 4.98 Å². The molecule has 4 aromatic rings. The van der Waals surface area contributed by atoms with Gasteiger partial charge in [0.15, 0.2) is 0 Å². The molecule has 0 saturated carbocycles. The number of rotatable bonds is 4. The minimum Gasteiger partial charge on any atom is -0.321 e. The van der Waals surface area contributed by atoms with Crippen molar-refractivity contribution < 1.29 is 4.79 Å². The molecule has 4 rings (SSSR count). The number of aryl methyl sites for hydroxylation is 1. The lowest BCUT2D eigenvalue weighted by molar-refractivity contribution is 0.103. The Hall–Kier alpha value is -2.38. The summed E-state index contributed by atoms with van der Waals surface area (Å²) in [6.07, 6.45) is 1.43. The molecule has 0 aliphatic carbocycles. The van der Waals surface area contributed by atoms with Crippen LogP contribution in [0.25, 0.3) is 10.2 Å². The number of carbonyl (C=O) groups excluding carboxylic acids is 1. The Morgan fingerprint density at radius 3 is 2.47 bits per heavy atom. The second kappa shape index (κ2) is 8.40. The minimum absolute atomic E-state index is 0.136. The first-order valence-corrected chi connectivity index (χ1v) is 10.8. The molecule has 9 heteroatoms. The Kier molecular flexibility index (Phi) is 5.84. The van der Waals surface area contributed by atoms with Crippen molar-refractivity contribution in [3.05, 3.63) is 90.2 Å². The SMILES string of the molecule is Cc1c(C(=O)Nc2ccccc2)sc2ncn(Cc3c(Cl)cc(Cl)cc3Cl)c(=O)c12. The summed E-state index contributed by atoms with van der Waals surface area (Å²) in [7, 11) is 0. The van der Waals surface area contributed by atoms with Gasteiger partial charge in [-0.3, -0.25) is 14.2 Å². The molecule has 30 heavy (non-hydrogen) atoms. The fraction of sp³-hybridized carbons (Fsp3) is 0.0952. The Morgan fingerprint density at radius 1 is 1.13 bits per heavy atom. The Bertz CT molecular complexity index is 1310. The van der Waals surface area contributed by atoms with Gasteiger partial charge in [-0.2, -0.15) is 0 Å². The quantitative estimate of drug-likeness (QED) is 0.390. The van der Waals surface area contributed by atoms with Gasteiger partial charge in [0.2, 0.25) is 0 Å². The van der Waals surface area contributed by atoms with Crippen molar-refractivity contribution in [3.63, 3.8) is 0 Å². The summed E-state index contributed by atoms with van der Waals surface area (Å²) in [6, 6.07) is 12.3. The van der Waals surface area contributed by atoms with E-state index >= 15 is 0 Å². The van der Waals surface area contributed by atoms with E-state index in [-0.39, 0.29) is 18.0 Å². The highest BCUT2D eigenvalue weighted by Crippen LogP contribution is 2.31. The van der Waals surface area contributed by atoms with Crippen LogP contribution in [-0.2, 0) is 6.54 Å². The average molecular weight is 479 g/mol. The molecule has 2 aromatic heterocycles. The zero-order chi connectivity index (χ0) is 21.4. The van der Waals surface area contributed by atoms with Crippen LogP contribution in [-0.4, -0.2) is 15.5 Å². The van der Waals surface area contributed by atoms with Gasteiger partial charge < -0.3 is 5.32 Å². The molecule has 0 bridgehead atoms. The van der Waals surface area contributed by atoms with Crippen LogP contribution in [0.4, 0.5) is 5.69 Å². The number of nitrogens with zero attached hydrogens (tertiary/aromatic N) is 2. The van der Waals surface area contributed by atoms with E-state index in [9.17, 15) is 9.59 Å². The zero-order valence-corrected chi connectivity index (χ0v) is 18.7. The first-order valence-electron chi connectivity index (χ1n) is 8.83. The summed E-state index contributed by atoms with van der Waals surface area (Å²) >= 11 is 19.6. The van der Waals surface area contributed by atoms with Gasteiger partial charge in [-0.15, -0.1) is 11.3 Å². The van der Waals surface area contributed by atoms with Crippen molar-refractivity contribution in [1.82, 2.24) is 9.55 Å². The number of hydrogen-bond acceptors (Lipinski definition) is 4. The highest BCUT2D eigenvalue weighted by molar-refractivity contribution is 7.20. The Balaban J connectivity index is 1.72. The van der Waals surface area contributed by atoms with Crippen LogP contribution in [0, 0.1) is 6.92 Å². The smallest absolute Gasteiger partial charge is 0.266 e. The molecule has 0 aliphatic heterocycles. The lowest BCUT2D eigenvalue weighted by atomic mass is 10.2. The number of benzene rings is 2. The fourth-order valence-corrected chi connectivity index (χ4v) is 5.06. The summed E-state index contributed by atoms with van der Waals surface area (Å²) in [5.41, 5.74) is 1.57. The highest BCUT2D eigenvalue weighted by Gasteiger charge is 2.20. The molecule has 0 aliphatic rings. The Labute approximate surface area is 190 Å². The number of para-hydroxylation sites is 1. The molecular weight excluding hydrogens is 465 g/mol. The van der Waals surface area contributed by atoms with E-state index in [0.29, 0.717) is 47.0 Å². The second-order valence-electron chi connectivity index (χ2n) is 6.58. The van der Waals surface area contributed by atoms with Crippen molar-refractivity contribution in [2.24, 2.45) is 0 Å². The predicted octanol–water partition coefficient (Wildman–Crippen LogP) is 6.03. The number of fused-ring (bicyclic) bond motifs is 1. The lowest BCUT2D eigenvalue weighted by Crippen LogP contribution is -2.21. The molecule has 1 N–H and O–H groups in total. The first-order chi connectivity index (χ1) is 14.3. The van der Waals surface area contributed by atoms with Crippen LogP contribution >= 0.6 is 46.1 Å². The third-order valence-corrected chi connectivity index (χ3v) is 6.68. The number of halogens is 3. The number of carbonyl (C=O) groups is 1. The molecule has 2 aromatic carbocycles. The van der Waals surface area contributed by atoms with Crippen molar-refractivity contribution in [3.8, 4) is 0 Å². The van der Waals surface area contributed by atoms with Gasteiger partial charge in [0, 0.05) is 26.3 Å². The molecule has 5 nitrogen and oxygen atoms in total. The van der Waals surface area contributed by atoms with Gasteiger partial charge in [-0.1, -0.05) is 53.0 Å². The summed E-state index contributed by atoms with van der Waals surface area (Å²) in [4.78, 5) is 31.2. The number of anilines is 1. The maximum Gasteiger partial charge on any atom is 0.266 e. The summed E-state index contributed by atoms with van der Waals surface area (Å²) in [6.45, 7) is 1.88. The number of thiophene rings is 1. The van der Waals surface area contributed by atoms with E-state index in [4.69, 9.17) is 34.8 Å². The maximum absolute atomic E-state index is 13.1. The lowest BCUT2D eigenvalue weighted by Gasteiger charge is -2.10. The molecule has 0 unspecified atom stereocenters. The van der Waals surface area contributed by atoms with Gasteiger partial charge in [-0.05, 0) is 36.8 Å². The van der Waals surface area contributed by atoms with Gasteiger partial charge in [0.1, 0.15) is 4.83 Å². The van der Waals surface area contributed by atoms with E-state index in [1.54, 1.807) is 31.2 Å². The molecule has 1 amide bonds. The molecule has 0 fully saturated rings. The van der Waals surface area contributed by atoms with Crippen molar-refractivity contribution in [2.45, 2.75) is 13.5 Å².